The van der Waals surface area contributed by atoms with Crippen LogP contribution in [0.2, 0.25) is 0 Å². The third-order valence-electron chi connectivity index (χ3n) is 6.10. The van der Waals surface area contributed by atoms with E-state index < -0.39 is 6.04 Å². The van der Waals surface area contributed by atoms with Crippen molar-refractivity contribution in [3.63, 3.8) is 0 Å². The molecule has 3 aliphatic heterocycles. The second-order valence-corrected chi connectivity index (χ2v) is 7.84. The van der Waals surface area contributed by atoms with Crippen LogP contribution in [0.4, 0.5) is 0 Å². The van der Waals surface area contributed by atoms with Gasteiger partial charge in [-0.25, -0.2) is 0 Å². The van der Waals surface area contributed by atoms with Crippen molar-refractivity contribution in [1.29, 1.82) is 0 Å². The Morgan fingerprint density at radius 2 is 2.04 bits per heavy atom. The molecule has 4 N–H and O–H groups in total. The number of fused-ring (bicyclic) bond motifs is 1. The van der Waals surface area contributed by atoms with Crippen molar-refractivity contribution in [2.75, 3.05) is 19.8 Å². The lowest BCUT2D eigenvalue weighted by Gasteiger charge is -2.37. The van der Waals surface area contributed by atoms with Crippen LogP contribution in [0.25, 0.3) is 0 Å². The molecule has 2 saturated heterocycles. The summed E-state index contributed by atoms with van der Waals surface area (Å²) in [5.41, 5.74) is 8.43. The molecule has 1 aromatic carbocycles. The Hall–Kier alpha value is -2.29. The fourth-order valence-electron chi connectivity index (χ4n) is 4.22. The largest absolute Gasteiger partial charge is 0.381 e. The summed E-state index contributed by atoms with van der Waals surface area (Å²) in [6.45, 7) is 2.97. The van der Waals surface area contributed by atoms with Gasteiger partial charge in [-0.1, -0.05) is 12.1 Å². The summed E-state index contributed by atoms with van der Waals surface area (Å²) in [6, 6.07) is 5.29. The standard InChI is InChI=1S/C20H26N4O4/c21-12-20(5-7-28-8-6-20)22-10-13-1-2-14-11-24(19(27)15(14)9-13)16-3-4-17(25)23-18(16)26/h1-2,9,16,22H,3-8,10-12,21H2,(H,23,25,26). The van der Waals surface area contributed by atoms with E-state index >= 15 is 0 Å². The molecule has 28 heavy (non-hydrogen) atoms. The SMILES string of the molecule is NCC1(NCc2ccc3c(c2)C(=O)N(C2CCC(=O)NC2=O)C3)CCOCC1. The van der Waals surface area contributed by atoms with E-state index in [-0.39, 0.29) is 29.7 Å². The lowest BCUT2D eigenvalue weighted by atomic mass is 9.90. The second-order valence-electron chi connectivity index (χ2n) is 7.84. The molecule has 1 unspecified atom stereocenters. The fourth-order valence-corrected chi connectivity index (χ4v) is 4.22. The summed E-state index contributed by atoms with van der Waals surface area (Å²) in [7, 11) is 0. The molecule has 3 heterocycles. The zero-order valence-electron chi connectivity index (χ0n) is 15.8. The van der Waals surface area contributed by atoms with Gasteiger partial charge in [0.25, 0.3) is 5.91 Å². The molecule has 0 bridgehead atoms. The van der Waals surface area contributed by atoms with Crippen LogP contribution >= 0.6 is 0 Å². The smallest absolute Gasteiger partial charge is 0.255 e. The summed E-state index contributed by atoms with van der Waals surface area (Å²) in [4.78, 5) is 38.0. The molecule has 0 aromatic heterocycles. The topological polar surface area (TPSA) is 114 Å². The number of rotatable bonds is 5. The maximum atomic E-state index is 12.9. The van der Waals surface area contributed by atoms with Gasteiger partial charge in [0.15, 0.2) is 0 Å². The fraction of sp³-hybridized carbons (Fsp3) is 0.550. The van der Waals surface area contributed by atoms with Gasteiger partial charge in [-0.2, -0.15) is 0 Å². The first-order valence-electron chi connectivity index (χ1n) is 9.81. The number of ether oxygens (including phenoxy) is 1. The number of amides is 3. The monoisotopic (exact) mass is 386 g/mol. The van der Waals surface area contributed by atoms with Crippen LogP contribution < -0.4 is 16.4 Å². The molecule has 3 aliphatic rings. The first kappa shape index (κ1) is 19.0. The molecule has 2 fully saturated rings. The van der Waals surface area contributed by atoms with E-state index in [9.17, 15) is 14.4 Å². The average molecular weight is 386 g/mol. The van der Waals surface area contributed by atoms with Crippen LogP contribution in [0, 0.1) is 0 Å². The van der Waals surface area contributed by atoms with E-state index in [1.54, 1.807) is 4.90 Å². The molecule has 8 heteroatoms. The molecule has 1 aromatic rings. The number of carbonyl (C=O) groups excluding carboxylic acids is 3. The number of imide groups is 1. The van der Waals surface area contributed by atoms with E-state index in [2.05, 4.69) is 10.6 Å². The van der Waals surface area contributed by atoms with E-state index in [0.29, 0.717) is 44.8 Å². The van der Waals surface area contributed by atoms with Crippen LogP contribution in [0.5, 0.6) is 0 Å². The number of nitrogens with one attached hydrogen (secondary N) is 2. The number of nitrogens with two attached hydrogens (primary N) is 1. The van der Waals surface area contributed by atoms with Crippen LogP contribution in [0.1, 0.15) is 47.2 Å². The lowest BCUT2D eigenvalue weighted by Crippen LogP contribution is -2.54. The minimum absolute atomic E-state index is 0.125. The number of nitrogens with zero attached hydrogens (tertiary/aromatic N) is 1. The van der Waals surface area contributed by atoms with Gasteiger partial charge in [-0.15, -0.1) is 0 Å². The van der Waals surface area contributed by atoms with Crippen LogP contribution in [-0.2, 0) is 27.4 Å². The minimum atomic E-state index is -0.582. The van der Waals surface area contributed by atoms with Gasteiger partial charge in [0.05, 0.1) is 0 Å². The number of piperidine rings is 1. The van der Waals surface area contributed by atoms with Crippen LogP contribution in [0.3, 0.4) is 0 Å². The average Bonchev–Trinajstić information content (AvgIpc) is 3.03. The number of hydrogen-bond acceptors (Lipinski definition) is 6. The second kappa shape index (κ2) is 7.62. The van der Waals surface area contributed by atoms with E-state index in [0.717, 1.165) is 24.0 Å². The van der Waals surface area contributed by atoms with Crippen molar-refractivity contribution in [2.45, 2.75) is 50.4 Å². The van der Waals surface area contributed by atoms with Crippen molar-refractivity contribution in [3.05, 3.63) is 34.9 Å². The predicted octanol–water partition coefficient (Wildman–Crippen LogP) is 0.0451. The highest BCUT2D eigenvalue weighted by molar-refractivity contribution is 6.05. The van der Waals surface area contributed by atoms with Crippen molar-refractivity contribution in [3.8, 4) is 0 Å². The van der Waals surface area contributed by atoms with Gasteiger partial charge in [0, 0.05) is 50.4 Å². The van der Waals surface area contributed by atoms with E-state index in [4.69, 9.17) is 10.5 Å². The quantitative estimate of drug-likeness (QED) is 0.616. The highest BCUT2D eigenvalue weighted by Crippen LogP contribution is 2.28. The predicted molar refractivity (Wildman–Crippen MR) is 101 cm³/mol. The first-order chi connectivity index (χ1) is 13.5. The summed E-state index contributed by atoms with van der Waals surface area (Å²) < 4.78 is 5.44. The molecule has 0 spiro atoms. The van der Waals surface area contributed by atoms with E-state index in [1.807, 2.05) is 18.2 Å². The summed E-state index contributed by atoms with van der Waals surface area (Å²) in [5.74, 6) is -0.810. The molecule has 1 atom stereocenters. The minimum Gasteiger partial charge on any atom is -0.381 e. The molecule has 0 radical (unpaired) electrons. The molecule has 0 aliphatic carbocycles. The summed E-state index contributed by atoms with van der Waals surface area (Å²) in [6.07, 6.45) is 2.38. The normalized spacial score (nSPS) is 24.2. The maximum absolute atomic E-state index is 12.9. The molecule has 150 valence electrons. The van der Waals surface area contributed by atoms with Crippen molar-refractivity contribution in [2.24, 2.45) is 5.73 Å². The first-order valence-corrected chi connectivity index (χ1v) is 9.81. The van der Waals surface area contributed by atoms with E-state index in [1.165, 1.54) is 0 Å². The maximum Gasteiger partial charge on any atom is 0.255 e. The molecule has 4 rings (SSSR count). The van der Waals surface area contributed by atoms with Crippen LogP contribution in [-0.4, -0.2) is 54.0 Å². The Morgan fingerprint density at radius 1 is 1.25 bits per heavy atom. The van der Waals surface area contributed by atoms with Crippen LogP contribution in [0.15, 0.2) is 18.2 Å². The third-order valence-corrected chi connectivity index (χ3v) is 6.10. The number of hydrogen-bond donors (Lipinski definition) is 3. The van der Waals surface area contributed by atoms with Crippen molar-refractivity contribution >= 4 is 17.7 Å². The number of benzene rings is 1. The molecular formula is C20H26N4O4. The zero-order valence-corrected chi connectivity index (χ0v) is 15.8. The highest BCUT2D eigenvalue weighted by Gasteiger charge is 2.39. The van der Waals surface area contributed by atoms with Crippen molar-refractivity contribution < 1.29 is 19.1 Å². The summed E-state index contributed by atoms with van der Waals surface area (Å²) in [5, 5.41) is 5.89. The Labute approximate surface area is 163 Å². The lowest BCUT2D eigenvalue weighted by molar-refractivity contribution is -0.136. The van der Waals surface area contributed by atoms with Gasteiger partial charge in [0.2, 0.25) is 11.8 Å². The van der Waals surface area contributed by atoms with Gasteiger partial charge in [-0.3, -0.25) is 19.7 Å². The van der Waals surface area contributed by atoms with Gasteiger partial charge in [-0.05, 0) is 36.5 Å². The Morgan fingerprint density at radius 3 is 2.75 bits per heavy atom. The highest BCUT2D eigenvalue weighted by atomic mass is 16.5. The van der Waals surface area contributed by atoms with Crippen molar-refractivity contribution in [1.82, 2.24) is 15.5 Å². The number of carbonyl (C=O) groups is 3. The zero-order chi connectivity index (χ0) is 19.7. The Balaban J connectivity index is 1.45. The van der Waals surface area contributed by atoms with Gasteiger partial charge >= 0.3 is 0 Å². The molecular weight excluding hydrogens is 360 g/mol. The Bertz CT molecular complexity index is 803. The molecule has 8 nitrogen and oxygen atoms in total. The van der Waals surface area contributed by atoms with Gasteiger partial charge < -0.3 is 20.7 Å². The Kier molecular flexibility index (Phi) is 5.18. The molecule has 0 saturated carbocycles. The third kappa shape index (κ3) is 3.55. The molecule has 3 amide bonds. The van der Waals surface area contributed by atoms with Gasteiger partial charge in [0.1, 0.15) is 6.04 Å². The summed E-state index contributed by atoms with van der Waals surface area (Å²) >= 11 is 0.